The van der Waals surface area contributed by atoms with Gasteiger partial charge in [-0.1, -0.05) is 11.6 Å². The third kappa shape index (κ3) is 3.84. The van der Waals surface area contributed by atoms with Crippen LogP contribution in [0.25, 0.3) is 0 Å². The first-order chi connectivity index (χ1) is 13.5. The Balaban J connectivity index is 1.88. The quantitative estimate of drug-likeness (QED) is 0.793. The molecule has 0 saturated carbocycles. The molecule has 1 heterocycles. The van der Waals surface area contributed by atoms with E-state index < -0.39 is 0 Å². The molecule has 148 valence electrons. The second kappa shape index (κ2) is 8.39. The molecule has 0 aromatic heterocycles. The van der Waals surface area contributed by atoms with Crippen molar-refractivity contribution < 1.29 is 23.8 Å². The van der Waals surface area contributed by atoms with Crippen molar-refractivity contribution in [2.75, 3.05) is 38.1 Å². The molecule has 0 spiro atoms. The maximum absolute atomic E-state index is 12.8. The van der Waals surface area contributed by atoms with E-state index in [4.69, 9.17) is 25.8 Å². The molecule has 0 unspecified atom stereocenters. The van der Waals surface area contributed by atoms with Gasteiger partial charge in [0.05, 0.1) is 32.0 Å². The minimum Gasteiger partial charge on any atom is -0.493 e. The van der Waals surface area contributed by atoms with E-state index in [1.54, 1.807) is 35.2 Å². The number of carbonyl (C=O) groups is 2. The summed E-state index contributed by atoms with van der Waals surface area (Å²) in [4.78, 5) is 26.4. The van der Waals surface area contributed by atoms with Crippen molar-refractivity contribution >= 4 is 34.8 Å². The van der Waals surface area contributed by atoms with Gasteiger partial charge >= 0.3 is 0 Å². The van der Waals surface area contributed by atoms with Gasteiger partial charge in [-0.15, -0.1) is 0 Å². The van der Waals surface area contributed by atoms with Gasteiger partial charge in [-0.25, -0.2) is 0 Å². The van der Waals surface area contributed by atoms with Crippen LogP contribution in [0.1, 0.15) is 23.2 Å². The van der Waals surface area contributed by atoms with Crippen molar-refractivity contribution in [3.63, 3.8) is 0 Å². The van der Waals surface area contributed by atoms with Crippen LogP contribution in [0.5, 0.6) is 17.2 Å². The predicted octanol–water partition coefficient (Wildman–Crippen LogP) is 3.74. The summed E-state index contributed by atoms with van der Waals surface area (Å²) >= 11 is 6.25. The smallest absolute Gasteiger partial charge is 0.255 e. The Morgan fingerprint density at radius 3 is 2.29 bits per heavy atom. The third-order valence-electron chi connectivity index (χ3n) is 4.50. The number of anilines is 2. The molecule has 8 heteroatoms. The molecule has 0 atom stereocenters. The fourth-order valence-corrected chi connectivity index (χ4v) is 3.34. The van der Waals surface area contributed by atoms with Crippen LogP contribution in [0, 0.1) is 0 Å². The molecule has 7 nitrogen and oxygen atoms in total. The Morgan fingerprint density at radius 1 is 1.07 bits per heavy atom. The predicted molar refractivity (Wildman–Crippen MR) is 107 cm³/mol. The maximum atomic E-state index is 12.8. The number of halogens is 1. The van der Waals surface area contributed by atoms with Crippen LogP contribution in [0.4, 0.5) is 11.4 Å². The van der Waals surface area contributed by atoms with Gasteiger partial charge in [-0.3, -0.25) is 9.59 Å². The van der Waals surface area contributed by atoms with E-state index in [0.717, 1.165) is 6.42 Å². The number of nitrogens with zero attached hydrogens (tertiary/aromatic N) is 1. The molecule has 0 bridgehead atoms. The van der Waals surface area contributed by atoms with Crippen LogP contribution in [0.15, 0.2) is 30.3 Å². The van der Waals surface area contributed by atoms with Crippen molar-refractivity contribution in [3.05, 3.63) is 40.9 Å². The van der Waals surface area contributed by atoms with Gasteiger partial charge in [0.15, 0.2) is 11.5 Å². The van der Waals surface area contributed by atoms with Gasteiger partial charge in [0, 0.05) is 36.3 Å². The van der Waals surface area contributed by atoms with E-state index in [2.05, 4.69) is 5.32 Å². The monoisotopic (exact) mass is 404 g/mol. The van der Waals surface area contributed by atoms with E-state index >= 15 is 0 Å². The molecule has 2 amide bonds. The average molecular weight is 405 g/mol. The zero-order valence-corrected chi connectivity index (χ0v) is 16.6. The van der Waals surface area contributed by atoms with Gasteiger partial charge in [0.1, 0.15) is 0 Å². The summed E-state index contributed by atoms with van der Waals surface area (Å²) in [6.45, 7) is 0.594. The largest absolute Gasteiger partial charge is 0.493 e. The summed E-state index contributed by atoms with van der Waals surface area (Å²) in [5.41, 5.74) is 1.41. The van der Waals surface area contributed by atoms with Crippen LogP contribution >= 0.6 is 11.6 Å². The van der Waals surface area contributed by atoms with Gasteiger partial charge in [0.2, 0.25) is 11.7 Å². The third-order valence-corrected chi connectivity index (χ3v) is 4.81. The Hall–Kier alpha value is -2.93. The molecule has 0 aliphatic carbocycles. The molecule has 1 N–H and O–H groups in total. The maximum Gasteiger partial charge on any atom is 0.255 e. The highest BCUT2D eigenvalue weighted by Gasteiger charge is 2.24. The summed E-state index contributed by atoms with van der Waals surface area (Å²) in [7, 11) is 4.51. The number of nitrogens with one attached hydrogen (secondary N) is 1. The second-order valence-corrected chi connectivity index (χ2v) is 6.59. The summed E-state index contributed by atoms with van der Waals surface area (Å²) in [5.74, 6) is 0.945. The lowest BCUT2D eigenvalue weighted by Crippen LogP contribution is -2.24. The number of hydrogen-bond acceptors (Lipinski definition) is 5. The van der Waals surface area contributed by atoms with E-state index in [-0.39, 0.29) is 11.8 Å². The van der Waals surface area contributed by atoms with Crippen molar-refractivity contribution in [1.29, 1.82) is 0 Å². The van der Waals surface area contributed by atoms with Crippen molar-refractivity contribution in [1.82, 2.24) is 0 Å². The van der Waals surface area contributed by atoms with Gasteiger partial charge in [-0.05, 0) is 24.6 Å². The minimum absolute atomic E-state index is 0.00378. The van der Waals surface area contributed by atoms with Crippen molar-refractivity contribution in [3.8, 4) is 17.2 Å². The number of methoxy groups -OCH3 is 3. The topological polar surface area (TPSA) is 77.1 Å². The Bertz CT molecular complexity index is 890. The fourth-order valence-electron chi connectivity index (χ4n) is 3.12. The van der Waals surface area contributed by atoms with Crippen molar-refractivity contribution in [2.24, 2.45) is 0 Å². The Kier molecular flexibility index (Phi) is 5.94. The van der Waals surface area contributed by atoms with Gasteiger partial charge in [0.25, 0.3) is 5.91 Å². The molecule has 2 aromatic rings. The molecule has 0 radical (unpaired) electrons. The first kappa shape index (κ1) is 19.8. The number of ether oxygens (including phenoxy) is 3. The zero-order valence-electron chi connectivity index (χ0n) is 15.9. The lowest BCUT2D eigenvalue weighted by Gasteiger charge is -2.18. The number of amides is 2. The van der Waals surface area contributed by atoms with Crippen LogP contribution in [-0.4, -0.2) is 39.7 Å². The molecule has 3 rings (SSSR count). The number of carbonyl (C=O) groups excluding carboxylic acids is 2. The highest BCUT2D eigenvalue weighted by atomic mass is 35.5. The standard InChI is InChI=1S/C20H21ClN2O5/c1-26-16-10-13(11-17(27-2)19(16)28-3)22-20(25)12-6-7-14(21)15(9-12)23-8-4-5-18(23)24/h6-7,9-11H,4-5,8H2,1-3H3,(H,22,25). The summed E-state index contributed by atoms with van der Waals surface area (Å²) in [6.07, 6.45) is 1.26. The molecule has 2 aromatic carbocycles. The van der Waals surface area contributed by atoms with Crippen LogP contribution in [0.3, 0.4) is 0 Å². The Morgan fingerprint density at radius 2 is 1.75 bits per heavy atom. The average Bonchev–Trinajstić information content (AvgIpc) is 3.13. The highest BCUT2D eigenvalue weighted by Crippen LogP contribution is 2.40. The Labute approximate surface area is 168 Å². The van der Waals surface area contributed by atoms with Crippen LogP contribution in [-0.2, 0) is 4.79 Å². The van der Waals surface area contributed by atoms with Crippen molar-refractivity contribution in [2.45, 2.75) is 12.8 Å². The lowest BCUT2D eigenvalue weighted by molar-refractivity contribution is -0.117. The lowest BCUT2D eigenvalue weighted by atomic mass is 10.1. The summed E-state index contributed by atoms with van der Waals surface area (Å²) in [6, 6.07) is 8.13. The molecule has 1 saturated heterocycles. The number of hydrogen-bond donors (Lipinski definition) is 1. The highest BCUT2D eigenvalue weighted by molar-refractivity contribution is 6.34. The molecule has 1 aliphatic rings. The van der Waals surface area contributed by atoms with E-state index in [0.29, 0.717) is 52.2 Å². The number of benzene rings is 2. The van der Waals surface area contributed by atoms with Gasteiger partial charge < -0.3 is 24.4 Å². The SMILES string of the molecule is COc1cc(NC(=O)c2ccc(Cl)c(N3CCCC3=O)c2)cc(OC)c1OC. The fraction of sp³-hybridized carbons (Fsp3) is 0.300. The van der Waals surface area contributed by atoms with Crippen LogP contribution in [0.2, 0.25) is 5.02 Å². The van der Waals surface area contributed by atoms with E-state index in [9.17, 15) is 9.59 Å². The van der Waals surface area contributed by atoms with Crippen LogP contribution < -0.4 is 24.4 Å². The van der Waals surface area contributed by atoms with E-state index in [1.807, 2.05) is 0 Å². The zero-order chi connectivity index (χ0) is 20.3. The first-order valence-corrected chi connectivity index (χ1v) is 9.07. The normalized spacial score (nSPS) is 13.4. The minimum atomic E-state index is -0.348. The molecule has 28 heavy (non-hydrogen) atoms. The molecular weight excluding hydrogens is 384 g/mol. The molecule has 1 fully saturated rings. The first-order valence-electron chi connectivity index (χ1n) is 8.69. The number of rotatable bonds is 6. The summed E-state index contributed by atoms with van der Waals surface area (Å²) in [5, 5.41) is 3.24. The summed E-state index contributed by atoms with van der Waals surface area (Å²) < 4.78 is 15.9. The van der Waals surface area contributed by atoms with E-state index in [1.165, 1.54) is 21.3 Å². The molecular formula is C20H21ClN2O5. The van der Waals surface area contributed by atoms with Gasteiger partial charge in [-0.2, -0.15) is 0 Å². The second-order valence-electron chi connectivity index (χ2n) is 6.18. The molecule has 1 aliphatic heterocycles.